The average Bonchev–Trinajstić information content (AvgIpc) is 2.80. The van der Waals surface area contributed by atoms with Gasteiger partial charge in [0.05, 0.1) is 17.2 Å². The molecular weight excluding hydrogens is 228 g/mol. The highest BCUT2D eigenvalue weighted by Gasteiger charge is 2.18. The molecule has 0 fully saturated rings. The van der Waals surface area contributed by atoms with Crippen molar-refractivity contribution < 1.29 is 0 Å². The summed E-state index contributed by atoms with van der Waals surface area (Å²) in [6.45, 7) is 8.56. The second-order valence-electron chi connectivity index (χ2n) is 4.57. The van der Waals surface area contributed by atoms with Gasteiger partial charge in [-0.1, -0.05) is 6.07 Å². The first kappa shape index (κ1) is 12.3. The van der Waals surface area contributed by atoms with Gasteiger partial charge in [0.2, 0.25) is 0 Å². The fraction of sp³-hybridized carbons (Fsp3) is 0.357. The number of aromatic nitrogens is 1. The van der Waals surface area contributed by atoms with Crippen molar-refractivity contribution in [2.45, 2.75) is 33.7 Å². The van der Waals surface area contributed by atoms with E-state index in [0.717, 1.165) is 5.69 Å². The highest BCUT2D eigenvalue weighted by molar-refractivity contribution is 7.07. The number of benzene rings is 1. The number of nitrogens with two attached hydrogens (primary N) is 1. The monoisotopic (exact) mass is 246 g/mol. The summed E-state index contributed by atoms with van der Waals surface area (Å²) in [7, 11) is 0. The largest absolute Gasteiger partial charge is 0.319 e. The summed E-state index contributed by atoms with van der Waals surface area (Å²) in [6, 6.07) is 2.11. The summed E-state index contributed by atoms with van der Waals surface area (Å²) in [5.41, 5.74) is 15.5. The summed E-state index contributed by atoms with van der Waals surface area (Å²) in [5.74, 6) is 0. The van der Waals surface area contributed by atoms with Gasteiger partial charge in [-0.2, -0.15) is 0 Å². The minimum atomic E-state index is -0.111. The Labute approximate surface area is 107 Å². The summed E-state index contributed by atoms with van der Waals surface area (Å²) in [5, 5.41) is 2.03. The van der Waals surface area contributed by atoms with Crippen LogP contribution in [-0.4, -0.2) is 4.98 Å². The number of aryl methyl sites for hydroxylation is 2. The first-order valence-corrected chi connectivity index (χ1v) is 6.67. The molecule has 17 heavy (non-hydrogen) atoms. The fourth-order valence-electron chi connectivity index (χ4n) is 2.24. The first-order valence-electron chi connectivity index (χ1n) is 5.73. The van der Waals surface area contributed by atoms with Gasteiger partial charge in [-0.15, -0.1) is 11.3 Å². The van der Waals surface area contributed by atoms with Gasteiger partial charge in [-0.05, 0) is 55.5 Å². The molecule has 90 valence electrons. The minimum absolute atomic E-state index is 0.111. The molecule has 0 saturated carbocycles. The SMILES string of the molecule is Cc1cc(C)c(C)c(C(N)c2cscn2)c1C. The van der Waals surface area contributed by atoms with Crippen LogP contribution in [0.15, 0.2) is 17.0 Å². The van der Waals surface area contributed by atoms with E-state index in [1.165, 1.54) is 27.8 Å². The maximum absolute atomic E-state index is 6.34. The van der Waals surface area contributed by atoms with Gasteiger partial charge in [0.15, 0.2) is 0 Å². The molecule has 0 aliphatic carbocycles. The minimum Gasteiger partial charge on any atom is -0.319 e. The van der Waals surface area contributed by atoms with Gasteiger partial charge in [-0.3, -0.25) is 0 Å². The van der Waals surface area contributed by atoms with E-state index in [4.69, 9.17) is 5.73 Å². The normalized spacial score (nSPS) is 12.8. The number of hydrogen-bond donors (Lipinski definition) is 1. The summed E-state index contributed by atoms with van der Waals surface area (Å²) in [4.78, 5) is 4.33. The third-order valence-electron chi connectivity index (χ3n) is 3.51. The van der Waals surface area contributed by atoms with Crippen LogP contribution in [0.5, 0.6) is 0 Å². The van der Waals surface area contributed by atoms with E-state index in [9.17, 15) is 0 Å². The zero-order chi connectivity index (χ0) is 12.6. The Kier molecular flexibility index (Phi) is 3.31. The van der Waals surface area contributed by atoms with Crippen molar-refractivity contribution in [1.82, 2.24) is 4.98 Å². The molecule has 0 aliphatic heterocycles. The molecule has 0 saturated heterocycles. The molecule has 1 heterocycles. The quantitative estimate of drug-likeness (QED) is 0.881. The lowest BCUT2D eigenvalue weighted by molar-refractivity contribution is 0.817. The van der Waals surface area contributed by atoms with Crippen molar-refractivity contribution in [2.75, 3.05) is 0 Å². The van der Waals surface area contributed by atoms with E-state index in [1.807, 2.05) is 10.9 Å². The van der Waals surface area contributed by atoms with Crippen molar-refractivity contribution in [3.63, 3.8) is 0 Å². The van der Waals surface area contributed by atoms with Crippen LogP contribution < -0.4 is 5.73 Å². The molecule has 0 aliphatic rings. The van der Waals surface area contributed by atoms with Gasteiger partial charge >= 0.3 is 0 Å². The second-order valence-corrected chi connectivity index (χ2v) is 5.28. The van der Waals surface area contributed by atoms with E-state index in [0.29, 0.717) is 0 Å². The van der Waals surface area contributed by atoms with Crippen LogP contribution in [0.4, 0.5) is 0 Å². The van der Waals surface area contributed by atoms with E-state index < -0.39 is 0 Å². The molecule has 2 aromatic rings. The zero-order valence-electron chi connectivity index (χ0n) is 10.7. The van der Waals surface area contributed by atoms with E-state index in [-0.39, 0.29) is 6.04 Å². The predicted molar refractivity (Wildman–Crippen MR) is 73.5 cm³/mol. The average molecular weight is 246 g/mol. The summed E-state index contributed by atoms with van der Waals surface area (Å²) in [6.07, 6.45) is 0. The topological polar surface area (TPSA) is 38.9 Å². The predicted octanol–water partition coefficient (Wildman–Crippen LogP) is 3.42. The van der Waals surface area contributed by atoms with E-state index >= 15 is 0 Å². The van der Waals surface area contributed by atoms with Crippen LogP contribution in [0.2, 0.25) is 0 Å². The van der Waals surface area contributed by atoms with Crippen molar-refractivity contribution >= 4 is 11.3 Å². The highest BCUT2D eigenvalue weighted by Crippen LogP contribution is 2.29. The molecule has 1 aromatic carbocycles. The molecule has 2 rings (SSSR count). The maximum atomic E-state index is 6.34. The fourth-order valence-corrected chi connectivity index (χ4v) is 2.83. The van der Waals surface area contributed by atoms with Crippen LogP contribution in [0, 0.1) is 27.7 Å². The Morgan fingerprint density at radius 2 is 1.71 bits per heavy atom. The summed E-state index contributed by atoms with van der Waals surface area (Å²) < 4.78 is 0. The highest BCUT2D eigenvalue weighted by atomic mass is 32.1. The van der Waals surface area contributed by atoms with Gasteiger partial charge in [0, 0.05) is 5.38 Å². The maximum Gasteiger partial charge on any atom is 0.0795 e. The molecule has 3 heteroatoms. The first-order chi connectivity index (χ1) is 8.02. The Balaban J connectivity index is 2.59. The van der Waals surface area contributed by atoms with Crippen LogP contribution >= 0.6 is 11.3 Å². The standard InChI is InChI=1S/C14H18N2S/c1-8-5-9(2)11(4)13(10(8)3)14(15)12-6-17-7-16-12/h5-7,14H,15H2,1-4H3. The second kappa shape index (κ2) is 4.59. The van der Waals surface area contributed by atoms with Crippen LogP contribution in [0.3, 0.4) is 0 Å². The molecular formula is C14H18N2S. The molecule has 0 amide bonds. The van der Waals surface area contributed by atoms with E-state index in [1.54, 1.807) is 11.3 Å². The van der Waals surface area contributed by atoms with Crippen LogP contribution in [0.25, 0.3) is 0 Å². The smallest absolute Gasteiger partial charge is 0.0795 e. The Morgan fingerprint density at radius 1 is 1.12 bits per heavy atom. The van der Waals surface area contributed by atoms with Gasteiger partial charge in [-0.25, -0.2) is 4.98 Å². The number of thiazole rings is 1. The lowest BCUT2D eigenvalue weighted by atomic mass is 9.89. The van der Waals surface area contributed by atoms with Crippen molar-refractivity contribution in [3.05, 3.63) is 50.5 Å². The lowest BCUT2D eigenvalue weighted by Crippen LogP contribution is -2.16. The van der Waals surface area contributed by atoms with Crippen LogP contribution in [-0.2, 0) is 0 Å². The summed E-state index contributed by atoms with van der Waals surface area (Å²) >= 11 is 1.59. The lowest BCUT2D eigenvalue weighted by Gasteiger charge is -2.19. The Bertz CT molecular complexity index is 503. The number of rotatable bonds is 2. The van der Waals surface area contributed by atoms with Crippen molar-refractivity contribution in [3.8, 4) is 0 Å². The molecule has 0 radical (unpaired) electrons. The zero-order valence-corrected chi connectivity index (χ0v) is 11.6. The van der Waals surface area contributed by atoms with Crippen LogP contribution in [0.1, 0.15) is 39.6 Å². The molecule has 0 spiro atoms. The molecule has 2 nitrogen and oxygen atoms in total. The van der Waals surface area contributed by atoms with Crippen molar-refractivity contribution in [2.24, 2.45) is 5.73 Å². The Hall–Kier alpha value is -1.19. The van der Waals surface area contributed by atoms with Gasteiger partial charge < -0.3 is 5.73 Å². The molecule has 2 N–H and O–H groups in total. The molecule has 1 unspecified atom stereocenters. The molecule has 0 bridgehead atoms. The van der Waals surface area contributed by atoms with Crippen molar-refractivity contribution in [1.29, 1.82) is 0 Å². The van der Waals surface area contributed by atoms with Gasteiger partial charge in [0.1, 0.15) is 0 Å². The molecule has 1 atom stereocenters. The third-order valence-corrected chi connectivity index (χ3v) is 4.11. The number of nitrogens with zero attached hydrogens (tertiary/aromatic N) is 1. The Morgan fingerprint density at radius 3 is 2.18 bits per heavy atom. The third kappa shape index (κ3) is 2.13. The van der Waals surface area contributed by atoms with E-state index in [2.05, 4.69) is 38.7 Å². The molecule has 1 aromatic heterocycles. The number of hydrogen-bond acceptors (Lipinski definition) is 3. The van der Waals surface area contributed by atoms with Gasteiger partial charge in [0.25, 0.3) is 0 Å².